The van der Waals surface area contributed by atoms with Gasteiger partial charge in [-0.2, -0.15) is 5.10 Å². The molecule has 1 aromatic heterocycles. The summed E-state index contributed by atoms with van der Waals surface area (Å²) >= 11 is 0. The molecule has 1 heterocycles. The van der Waals surface area contributed by atoms with Crippen molar-refractivity contribution >= 4 is 11.9 Å². The zero-order chi connectivity index (χ0) is 18.8. The fourth-order valence-electron chi connectivity index (χ4n) is 3.66. The Labute approximate surface area is 158 Å². The fraction of sp³-hybridized carbons (Fsp3) is 0.450. The Morgan fingerprint density at radius 3 is 2.59 bits per heavy atom. The molecule has 2 aliphatic carbocycles. The lowest BCUT2D eigenvalue weighted by atomic mass is 9.85. The lowest BCUT2D eigenvalue weighted by Gasteiger charge is -2.42. The number of amides is 1. The Morgan fingerprint density at radius 1 is 1.19 bits per heavy atom. The van der Waals surface area contributed by atoms with Gasteiger partial charge in [0, 0.05) is 18.6 Å². The third-order valence-corrected chi connectivity index (χ3v) is 5.37. The standard InChI is InChI=1S/C20H24N4O3/c25-19(26)13-23(12-14-6-7-14)17-10-15(11-17)22-20(27)18-8-9-21-24(18)16-4-2-1-3-5-16/h1-5,8-9,14-15,17H,6-7,10-13H2,(H,22,27)(H,25,26). The Bertz CT molecular complexity index is 810. The number of nitrogens with one attached hydrogen (secondary N) is 1. The summed E-state index contributed by atoms with van der Waals surface area (Å²) in [7, 11) is 0. The Morgan fingerprint density at radius 2 is 1.93 bits per heavy atom. The molecule has 2 aromatic rings. The average molecular weight is 368 g/mol. The first-order chi connectivity index (χ1) is 13.1. The number of carboxylic acid groups (broad SMARTS) is 1. The molecule has 1 aromatic carbocycles. The number of carbonyl (C=O) groups excluding carboxylic acids is 1. The van der Waals surface area contributed by atoms with Crippen molar-refractivity contribution in [3.05, 3.63) is 48.3 Å². The fourth-order valence-corrected chi connectivity index (χ4v) is 3.66. The molecule has 0 bridgehead atoms. The summed E-state index contributed by atoms with van der Waals surface area (Å²) in [6.45, 7) is 0.945. The van der Waals surface area contributed by atoms with Crippen molar-refractivity contribution in [3.63, 3.8) is 0 Å². The number of aliphatic carboxylic acids is 1. The number of hydrogen-bond acceptors (Lipinski definition) is 4. The number of aromatic nitrogens is 2. The van der Waals surface area contributed by atoms with E-state index in [0.29, 0.717) is 11.6 Å². The maximum Gasteiger partial charge on any atom is 0.317 e. The van der Waals surface area contributed by atoms with Crippen molar-refractivity contribution in [2.75, 3.05) is 13.1 Å². The van der Waals surface area contributed by atoms with Crippen LogP contribution < -0.4 is 5.32 Å². The van der Waals surface area contributed by atoms with Gasteiger partial charge in [0.15, 0.2) is 0 Å². The van der Waals surface area contributed by atoms with E-state index in [-0.39, 0.29) is 24.5 Å². The lowest BCUT2D eigenvalue weighted by molar-refractivity contribution is -0.139. The predicted octanol–water partition coefficient (Wildman–Crippen LogP) is 1.93. The number of benzene rings is 1. The molecule has 0 radical (unpaired) electrons. The molecule has 142 valence electrons. The summed E-state index contributed by atoms with van der Waals surface area (Å²) in [5.41, 5.74) is 1.35. The van der Waals surface area contributed by atoms with Crippen LogP contribution in [0.2, 0.25) is 0 Å². The molecule has 7 heteroatoms. The number of para-hydroxylation sites is 1. The molecule has 2 aliphatic rings. The third-order valence-electron chi connectivity index (χ3n) is 5.37. The van der Waals surface area contributed by atoms with E-state index in [1.54, 1.807) is 16.9 Å². The summed E-state index contributed by atoms with van der Waals surface area (Å²) in [5.74, 6) is -0.278. The van der Waals surface area contributed by atoms with Gasteiger partial charge in [-0.15, -0.1) is 0 Å². The van der Waals surface area contributed by atoms with Gasteiger partial charge in [0.25, 0.3) is 5.91 Å². The van der Waals surface area contributed by atoms with Crippen LogP contribution >= 0.6 is 0 Å². The molecule has 1 amide bonds. The van der Waals surface area contributed by atoms with Crippen LogP contribution in [-0.2, 0) is 4.79 Å². The summed E-state index contributed by atoms with van der Waals surface area (Å²) in [6, 6.07) is 11.6. The second kappa shape index (κ2) is 7.52. The molecule has 27 heavy (non-hydrogen) atoms. The lowest BCUT2D eigenvalue weighted by Crippen LogP contribution is -2.55. The third kappa shape index (κ3) is 4.19. The first-order valence-corrected chi connectivity index (χ1v) is 9.46. The molecule has 4 rings (SSSR count). The van der Waals surface area contributed by atoms with Crippen molar-refractivity contribution < 1.29 is 14.7 Å². The van der Waals surface area contributed by atoms with Crippen molar-refractivity contribution in [2.24, 2.45) is 5.92 Å². The highest BCUT2D eigenvalue weighted by molar-refractivity contribution is 5.93. The minimum absolute atomic E-state index is 0.0807. The minimum Gasteiger partial charge on any atom is -0.480 e. The van der Waals surface area contributed by atoms with Crippen molar-refractivity contribution in [1.29, 1.82) is 0 Å². The average Bonchev–Trinajstić information content (AvgIpc) is 3.29. The maximum atomic E-state index is 12.7. The molecule has 7 nitrogen and oxygen atoms in total. The monoisotopic (exact) mass is 368 g/mol. The minimum atomic E-state index is -0.783. The summed E-state index contributed by atoms with van der Waals surface area (Å²) in [5, 5.41) is 16.5. The summed E-state index contributed by atoms with van der Waals surface area (Å²) in [4.78, 5) is 25.9. The quantitative estimate of drug-likeness (QED) is 0.743. The zero-order valence-electron chi connectivity index (χ0n) is 15.1. The first-order valence-electron chi connectivity index (χ1n) is 9.46. The van der Waals surface area contributed by atoms with E-state index >= 15 is 0 Å². The SMILES string of the molecule is O=C(O)CN(CC1CC1)C1CC(NC(=O)c2ccnn2-c2ccccc2)C1. The van der Waals surface area contributed by atoms with Gasteiger partial charge in [-0.1, -0.05) is 18.2 Å². The van der Waals surface area contributed by atoms with Crippen LogP contribution in [0.3, 0.4) is 0 Å². The molecule has 2 fully saturated rings. The Kier molecular flexibility index (Phi) is 4.94. The van der Waals surface area contributed by atoms with E-state index in [0.717, 1.165) is 25.1 Å². The van der Waals surface area contributed by atoms with Crippen LogP contribution in [0.15, 0.2) is 42.6 Å². The molecule has 0 atom stereocenters. The summed E-state index contributed by atoms with van der Waals surface area (Å²) in [6.07, 6.45) is 5.62. The van der Waals surface area contributed by atoms with Crippen LogP contribution in [0, 0.1) is 5.92 Å². The van der Waals surface area contributed by atoms with Gasteiger partial charge < -0.3 is 10.4 Å². The van der Waals surface area contributed by atoms with Crippen LogP contribution in [0.25, 0.3) is 5.69 Å². The van der Waals surface area contributed by atoms with Crippen LogP contribution in [0.4, 0.5) is 0 Å². The smallest absolute Gasteiger partial charge is 0.317 e. The van der Waals surface area contributed by atoms with Crippen LogP contribution in [0.5, 0.6) is 0 Å². The maximum absolute atomic E-state index is 12.7. The van der Waals surface area contributed by atoms with Gasteiger partial charge in [0.1, 0.15) is 5.69 Å². The summed E-state index contributed by atoms with van der Waals surface area (Å²) < 4.78 is 1.63. The zero-order valence-corrected chi connectivity index (χ0v) is 15.1. The Balaban J connectivity index is 1.34. The molecular formula is C20H24N4O3. The van der Waals surface area contributed by atoms with E-state index in [1.165, 1.54) is 12.8 Å². The number of carboxylic acids is 1. The van der Waals surface area contributed by atoms with E-state index < -0.39 is 5.97 Å². The second-order valence-electron chi connectivity index (χ2n) is 7.53. The number of carbonyl (C=O) groups is 2. The molecule has 0 aliphatic heterocycles. The van der Waals surface area contributed by atoms with Crippen LogP contribution in [-0.4, -0.2) is 56.8 Å². The topological polar surface area (TPSA) is 87.5 Å². The highest BCUT2D eigenvalue weighted by Crippen LogP contribution is 2.33. The molecule has 2 N–H and O–H groups in total. The number of hydrogen-bond donors (Lipinski definition) is 2. The van der Waals surface area contributed by atoms with Crippen LogP contribution in [0.1, 0.15) is 36.2 Å². The van der Waals surface area contributed by atoms with Gasteiger partial charge in [-0.3, -0.25) is 14.5 Å². The Hall–Kier alpha value is -2.67. The van der Waals surface area contributed by atoms with Crippen molar-refractivity contribution in [3.8, 4) is 5.69 Å². The molecule has 0 unspecified atom stereocenters. The van der Waals surface area contributed by atoms with Crippen molar-refractivity contribution in [2.45, 2.75) is 37.8 Å². The second-order valence-corrected chi connectivity index (χ2v) is 7.53. The van der Waals surface area contributed by atoms with Gasteiger partial charge in [0.05, 0.1) is 18.4 Å². The molecule has 2 saturated carbocycles. The molecular weight excluding hydrogens is 344 g/mol. The largest absolute Gasteiger partial charge is 0.480 e. The van der Waals surface area contributed by atoms with E-state index in [9.17, 15) is 9.59 Å². The number of rotatable bonds is 8. The normalized spacial score (nSPS) is 21.7. The van der Waals surface area contributed by atoms with Gasteiger partial charge in [0.2, 0.25) is 0 Å². The van der Waals surface area contributed by atoms with E-state index in [1.807, 2.05) is 30.3 Å². The predicted molar refractivity (Wildman–Crippen MR) is 99.8 cm³/mol. The van der Waals surface area contributed by atoms with Gasteiger partial charge in [-0.05, 0) is 49.8 Å². The van der Waals surface area contributed by atoms with E-state index in [2.05, 4.69) is 15.3 Å². The number of nitrogens with zero attached hydrogens (tertiary/aromatic N) is 3. The molecule has 0 saturated heterocycles. The van der Waals surface area contributed by atoms with Gasteiger partial charge >= 0.3 is 5.97 Å². The molecule has 0 spiro atoms. The first kappa shape index (κ1) is 17.7. The highest BCUT2D eigenvalue weighted by atomic mass is 16.4. The van der Waals surface area contributed by atoms with Crippen molar-refractivity contribution in [1.82, 2.24) is 20.0 Å². The highest BCUT2D eigenvalue weighted by Gasteiger charge is 2.38. The van der Waals surface area contributed by atoms with Gasteiger partial charge in [-0.25, -0.2) is 4.68 Å². The van der Waals surface area contributed by atoms with E-state index in [4.69, 9.17) is 5.11 Å².